The summed E-state index contributed by atoms with van der Waals surface area (Å²) in [5.41, 5.74) is 1.00. The molecule has 2 rings (SSSR count). The van der Waals surface area contributed by atoms with Gasteiger partial charge in [-0.05, 0) is 37.1 Å². The number of carbonyl (C=O) groups excluding carboxylic acids is 1. The first-order valence-corrected chi connectivity index (χ1v) is 9.87. The van der Waals surface area contributed by atoms with Crippen molar-refractivity contribution in [3.63, 3.8) is 0 Å². The van der Waals surface area contributed by atoms with Crippen molar-refractivity contribution in [3.8, 4) is 0 Å². The van der Waals surface area contributed by atoms with Crippen LogP contribution in [0.5, 0.6) is 0 Å². The quantitative estimate of drug-likeness (QED) is 0.894. The number of sulfone groups is 1. The molecule has 0 aromatic heterocycles. The second-order valence-corrected chi connectivity index (χ2v) is 8.62. The van der Waals surface area contributed by atoms with E-state index in [-0.39, 0.29) is 23.6 Å². The fourth-order valence-electron chi connectivity index (χ4n) is 2.73. The van der Waals surface area contributed by atoms with Gasteiger partial charge in [0.25, 0.3) is 0 Å². The molecule has 6 heteroatoms. The molecule has 5 nitrogen and oxygen atoms in total. The minimum Gasteiger partial charge on any atom is -0.369 e. The van der Waals surface area contributed by atoms with E-state index >= 15 is 0 Å². The summed E-state index contributed by atoms with van der Waals surface area (Å²) in [6, 6.07) is 7.21. The third-order valence-corrected chi connectivity index (χ3v) is 5.98. The first-order chi connectivity index (χ1) is 10.8. The van der Waals surface area contributed by atoms with E-state index in [1.54, 1.807) is 19.1 Å². The van der Waals surface area contributed by atoms with E-state index in [1.165, 1.54) is 0 Å². The van der Waals surface area contributed by atoms with Gasteiger partial charge >= 0.3 is 0 Å². The van der Waals surface area contributed by atoms with Crippen LogP contribution in [-0.2, 0) is 14.6 Å². The van der Waals surface area contributed by atoms with Gasteiger partial charge in [0.15, 0.2) is 9.84 Å². The standard InChI is InChI=1S/C17H26N2O3S/c1-4-23(21,22)16-9-7-15(8-10-16)19-11-5-6-14(12-19)18-17(20)13(2)3/h7-10,13-14H,4-6,11-12H2,1-3H3,(H,18,20)/t14-/m0/s1. The summed E-state index contributed by atoms with van der Waals surface area (Å²) in [5.74, 6) is 0.185. The summed E-state index contributed by atoms with van der Waals surface area (Å²) in [4.78, 5) is 14.4. The zero-order chi connectivity index (χ0) is 17.0. The molecule has 0 saturated carbocycles. The van der Waals surface area contributed by atoms with Crippen molar-refractivity contribution in [2.45, 2.75) is 44.6 Å². The van der Waals surface area contributed by atoms with Crippen LogP contribution in [0, 0.1) is 5.92 Å². The molecule has 1 fully saturated rings. The maximum Gasteiger partial charge on any atom is 0.222 e. The lowest BCUT2D eigenvalue weighted by molar-refractivity contribution is -0.124. The number of benzene rings is 1. The van der Waals surface area contributed by atoms with Crippen LogP contribution in [0.1, 0.15) is 33.6 Å². The number of piperidine rings is 1. The Morgan fingerprint density at radius 3 is 2.52 bits per heavy atom. The Labute approximate surface area is 139 Å². The highest BCUT2D eigenvalue weighted by Gasteiger charge is 2.23. The number of nitrogens with zero attached hydrogens (tertiary/aromatic N) is 1. The molecule has 1 saturated heterocycles. The lowest BCUT2D eigenvalue weighted by Crippen LogP contribution is -2.48. The molecule has 1 aliphatic heterocycles. The van der Waals surface area contributed by atoms with E-state index in [0.717, 1.165) is 31.6 Å². The monoisotopic (exact) mass is 338 g/mol. The van der Waals surface area contributed by atoms with Gasteiger partial charge in [-0.25, -0.2) is 8.42 Å². The molecule has 0 radical (unpaired) electrons. The largest absolute Gasteiger partial charge is 0.369 e. The lowest BCUT2D eigenvalue weighted by atomic mass is 10.0. The van der Waals surface area contributed by atoms with Gasteiger partial charge in [-0.1, -0.05) is 20.8 Å². The summed E-state index contributed by atoms with van der Waals surface area (Å²) in [6.45, 7) is 7.12. The van der Waals surface area contributed by atoms with Crippen LogP contribution in [0.3, 0.4) is 0 Å². The lowest BCUT2D eigenvalue weighted by Gasteiger charge is -2.35. The van der Waals surface area contributed by atoms with Crippen LogP contribution in [0.15, 0.2) is 29.2 Å². The molecule has 1 aromatic carbocycles. The van der Waals surface area contributed by atoms with Crippen molar-refractivity contribution >= 4 is 21.4 Å². The molecule has 128 valence electrons. The maximum absolute atomic E-state index is 11.9. The van der Waals surface area contributed by atoms with E-state index in [1.807, 2.05) is 26.0 Å². The third-order valence-electron chi connectivity index (χ3n) is 4.23. The Balaban J connectivity index is 2.05. The van der Waals surface area contributed by atoms with Crippen LogP contribution in [-0.4, -0.2) is 39.2 Å². The molecule has 1 heterocycles. The van der Waals surface area contributed by atoms with Gasteiger partial charge in [0.05, 0.1) is 10.6 Å². The van der Waals surface area contributed by atoms with E-state index in [9.17, 15) is 13.2 Å². The van der Waals surface area contributed by atoms with Crippen molar-refractivity contribution in [1.82, 2.24) is 5.32 Å². The van der Waals surface area contributed by atoms with Crippen molar-refractivity contribution < 1.29 is 13.2 Å². The first-order valence-electron chi connectivity index (χ1n) is 8.21. The van der Waals surface area contributed by atoms with E-state index < -0.39 is 9.84 Å². The summed E-state index contributed by atoms with van der Waals surface area (Å²) in [7, 11) is -3.16. The SMILES string of the molecule is CCS(=O)(=O)c1ccc(N2CCC[C@H](NC(=O)C(C)C)C2)cc1. The van der Waals surface area contributed by atoms with Gasteiger partial charge in [-0.3, -0.25) is 4.79 Å². The Morgan fingerprint density at radius 1 is 1.30 bits per heavy atom. The molecular formula is C17H26N2O3S. The fraction of sp³-hybridized carbons (Fsp3) is 0.588. The fourth-order valence-corrected chi connectivity index (χ4v) is 3.61. The molecule has 1 aromatic rings. The highest BCUT2D eigenvalue weighted by molar-refractivity contribution is 7.91. The minimum atomic E-state index is -3.16. The summed E-state index contributed by atoms with van der Waals surface area (Å²) < 4.78 is 23.7. The number of amides is 1. The van der Waals surface area contributed by atoms with Crippen LogP contribution < -0.4 is 10.2 Å². The normalized spacial score (nSPS) is 19.0. The van der Waals surface area contributed by atoms with E-state index in [4.69, 9.17) is 0 Å². The number of hydrogen-bond donors (Lipinski definition) is 1. The molecule has 1 atom stereocenters. The van der Waals surface area contributed by atoms with Crippen molar-refractivity contribution in [2.24, 2.45) is 5.92 Å². The zero-order valence-electron chi connectivity index (χ0n) is 14.1. The predicted octanol–water partition coefficient (Wildman–Crippen LogP) is 2.22. The number of hydrogen-bond acceptors (Lipinski definition) is 4. The van der Waals surface area contributed by atoms with E-state index in [0.29, 0.717) is 4.90 Å². The third kappa shape index (κ3) is 4.47. The first kappa shape index (κ1) is 17.8. The molecule has 1 N–H and O–H groups in total. The Morgan fingerprint density at radius 2 is 1.96 bits per heavy atom. The smallest absolute Gasteiger partial charge is 0.222 e. The van der Waals surface area contributed by atoms with Crippen molar-refractivity contribution in [3.05, 3.63) is 24.3 Å². The molecule has 1 aliphatic rings. The molecule has 23 heavy (non-hydrogen) atoms. The molecule has 0 spiro atoms. The zero-order valence-corrected chi connectivity index (χ0v) is 14.9. The number of anilines is 1. The predicted molar refractivity (Wildman–Crippen MR) is 92.4 cm³/mol. The van der Waals surface area contributed by atoms with E-state index in [2.05, 4.69) is 10.2 Å². The number of nitrogens with one attached hydrogen (secondary N) is 1. The van der Waals surface area contributed by atoms with Crippen molar-refractivity contribution in [2.75, 3.05) is 23.7 Å². The van der Waals surface area contributed by atoms with Crippen LogP contribution >= 0.6 is 0 Å². The van der Waals surface area contributed by atoms with Crippen LogP contribution in [0.2, 0.25) is 0 Å². The average Bonchev–Trinajstić information content (AvgIpc) is 2.55. The molecule has 0 bridgehead atoms. The second kappa shape index (κ2) is 7.34. The summed E-state index contributed by atoms with van der Waals surface area (Å²) in [5, 5.41) is 3.09. The van der Waals surface area contributed by atoms with Gasteiger partial charge in [0.1, 0.15) is 0 Å². The van der Waals surface area contributed by atoms with Gasteiger partial charge in [-0.2, -0.15) is 0 Å². The van der Waals surface area contributed by atoms with Gasteiger partial charge < -0.3 is 10.2 Å². The van der Waals surface area contributed by atoms with Crippen LogP contribution in [0.25, 0.3) is 0 Å². The molecular weight excluding hydrogens is 312 g/mol. The Hall–Kier alpha value is -1.56. The van der Waals surface area contributed by atoms with Crippen LogP contribution in [0.4, 0.5) is 5.69 Å². The van der Waals surface area contributed by atoms with Gasteiger partial charge in [0.2, 0.25) is 5.91 Å². The number of carbonyl (C=O) groups is 1. The topological polar surface area (TPSA) is 66.5 Å². The molecule has 0 aliphatic carbocycles. The summed E-state index contributed by atoms with van der Waals surface area (Å²) >= 11 is 0. The second-order valence-electron chi connectivity index (χ2n) is 6.35. The summed E-state index contributed by atoms with van der Waals surface area (Å²) in [6.07, 6.45) is 2.00. The Bertz CT molecular complexity index is 638. The highest BCUT2D eigenvalue weighted by atomic mass is 32.2. The van der Waals surface area contributed by atoms with Gasteiger partial charge in [-0.15, -0.1) is 0 Å². The molecule has 0 unspecified atom stereocenters. The molecule has 1 amide bonds. The highest BCUT2D eigenvalue weighted by Crippen LogP contribution is 2.22. The minimum absolute atomic E-state index is 0.0103. The average molecular weight is 338 g/mol. The number of rotatable bonds is 5. The van der Waals surface area contributed by atoms with Gasteiger partial charge in [0, 0.05) is 30.7 Å². The Kier molecular flexibility index (Phi) is 5.68. The maximum atomic E-state index is 11.9. The van der Waals surface area contributed by atoms with Crippen molar-refractivity contribution in [1.29, 1.82) is 0 Å².